The number of amides is 1. The summed E-state index contributed by atoms with van der Waals surface area (Å²) in [7, 11) is 0. The molecule has 0 saturated heterocycles. The largest absolute Gasteiger partial charge is 0.272 e. The van der Waals surface area contributed by atoms with Gasteiger partial charge in [0.05, 0.1) is 16.8 Å². The van der Waals surface area contributed by atoms with Gasteiger partial charge in [-0.05, 0) is 34.7 Å². The Morgan fingerprint density at radius 1 is 1.09 bits per heavy atom. The van der Waals surface area contributed by atoms with Crippen molar-refractivity contribution in [3.63, 3.8) is 0 Å². The predicted octanol–water partition coefficient (Wildman–Crippen LogP) is 5.05. The lowest BCUT2D eigenvalue weighted by Gasteiger charge is -2.18. The Hall–Kier alpha value is -1.84. The molecule has 1 N–H and O–H groups in total. The molecule has 5 heteroatoms. The Morgan fingerprint density at radius 3 is 2.30 bits per heavy atom. The number of nitrogens with one attached hydrogen (secondary N) is 1. The van der Waals surface area contributed by atoms with E-state index < -0.39 is 0 Å². The molecule has 0 aliphatic heterocycles. The van der Waals surface area contributed by atoms with Crippen LogP contribution in [0.25, 0.3) is 0 Å². The fraction of sp³-hybridized carbons (Fsp3) is 0.222. The van der Waals surface area contributed by atoms with E-state index in [0.29, 0.717) is 15.6 Å². The summed E-state index contributed by atoms with van der Waals surface area (Å²) in [5.41, 5.74) is 5.04. The molecule has 3 nitrogen and oxygen atoms in total. The Kier molecular flexibility index (Phi) is 5.45. The van der Waals surface area contributed by atoms with Gasteiger partial charge in [-0.3, -0.25) is 4.79 Å². The first-order valence-corrected chi connectivity index (χ1v) is 7.92. The highest BCUT2D eigenvalue weighted by molar-refractivity contribution is 6.36. The summed E-state index contributed by atoms with van der Waals surface area (Å²) in [5.74, 6) is -0.380. The normalized spacial score (nSPS) is 11.7. The van der Waals surface area contributed by atoms with Gasteiger partial charge < -0.3 is 0 Å². The molecule has 0 bridgehead atoms. The topological polar surface area (TPSA) is 41.5 Å². The number of rotatable bonds is 3. The van der Waals surface area contributed by atoms with Crippen molar-refractivity contribution in [3.05, 3.63) is 69.2 Å². The number of carbonyl (C=O) groups excluding carboxylic acids is 1. The van der Waals surface area contributed by atoms with E-state index in [1.807, 2.05) is 12.1 Å². The maximum absolute atomic E-state index is 12.0. The third-order valence-corrected chi connectivity index (χ3v) is 3.88. The van der Waals surface area contributed by atoms with Gasteiger partial charge in [-0.2, -0.15) is 5.10 Å². The van der Waals surface area contributed by atoms with Crippen molar-refractivity contribution in [1.29, 1.82) is 0 Å². The van der Waals surface area contributed by atoms with Gasteiger partial charge in [-0.1, -0.05) is 68.2 Å². The van der Waals surface area contributed by atoms with Gasteiger partial charge in [0.1, 0.15) is 0 Å². The van der Waals surface area contributed by atoms with E-state index in [-0.39, 0.29) is 11.3 Å². The van der Waals surface area contributed by atoms with Crippen LogP contribution in [-0.4, -0.2) is 12.1 Å². The molecule has 2 rings (SSSR count). The molecule has 0 fully saturated rings. The quantitative estimate of drug-likeness (QED) is 0.611. The van der Waals surface area contributed by atoms with Crippen molar-refractivity contribution in [2.24, 2.45) is 5.10 Å². The monoisotopic (exact) mass is 348 g/mol. The van der Waals surface area contributed by atoms with Crippen LogP contribution in [0.1, 0.15) is 42.3 Å². The predicted molar refractivity (Wildman–Crippen MR) is 96.7 cm³/mol. The minimum absolute atomic E-state index is 0.106. The number of nitrogens with zero attached hydrogens (tertiary/aromatic N) is 1. The SMILES string of the molecule is CC(C)(C)c1ccc(/C=N/NC(=O)c2ccc(Cl)cc2Cl)cc1. The summed E-state index contributed by atoms with van der Waals surface area (Å²) in [5, 5.41) is 4.73. The minimum atomic E-state index is -0.380. The number of benzene rings is 2. The third kappa shape index (κ3) is 4.81. The van der Waals surface area contributed by atoms with E-state index in [2.05, 4.69) is 43.4 Å². The maximum Gasteiger partial charge on any atom is 0.272 e. The standard InChI is InChI=1S/C18H18Cl2N2O/c1-18(2,3)13-6-4-12(5-7-13)11-21-22-17(23)15-9-8-14(19)10-16(15)20/h4-11H,1-3H3,(H,22,23)/b21-11+. The first-order valence-electron chi connectivity index (χ1n) is 7.16. The first kappa shape index (κ1) is 17.5. The molecule has 0 radical (unpaired) electrons. The zero-order valence-corrected chi connectivity index (χ0v) is 14.7. The molecule has 0 aliphatic carbocycles. The molecule has 23 heavy (non-hydrogen) atoms. The van der Waals surface area contributed by atoms with E-state index >= 15 is 0 Å². The second-order valence-electron chi connectivity index (χ2n) is 6.20. The van der Waals surface area contributed by atoms with Crippen LogP contribution in [0.4, 0.5) is 0 Å². The number of halogens is 2. The maximum atomic E-state index is 12.0. The average Bonchev–Trinajstić information content (AvgIpc) is 2.46. The average molecular weight is 349 g/mol. The van der Waals surface area contributed by atoms with E-state index in [0.717, 1.165) is 5.56 Å². The molecule has 2 aromatic rings. The number of hydrogen-bond acceptors (Lipinski definition) is 2. The molecule has 2 aromatic carbocycles. The van der Waals surface area contributed by atoms with E-state index in [9.17, 15) is 4.79 Å². The second kappa shape index (κ2) is 7.16. The number of carbonyl (C=O) groups is 1. The van der Waals surface area contributed by atoms with Gasteiger partial charge in [0.25, 0.3) is 5.91 Å². The molecule has 0 aromatic heterocycles. The molecule has 0 atom stereocenters. The second-order valence-corrected chi connectivity index (χ2v) is 7.04. The van der Waals surface area contributed by atoms with E-state index in [1.165, 1.54) is 11.6 Å². The van der Waals surface area contributed by atoms with Gasteiger partial charge in [-0.25, -0.2) is 5.43 Å². The minimum Gasteiger partial charge on any atom is -0.267 e. The third-order valence-electron chi connectivity index (χ3n) is 3.33. The summed E-state index contributed by atoms with van der Waals surface area (Å²) >= 11 is 11.8. The summed E-state index contributed by atoms with van der Waals surface area (Å²) in [4.78, 5) is 12.0. The smallest absolute Gasteiger partial charge is 0.267 e. The van der Waals surface area contributed by atoms with Crippen molar-refractivity contribution in [3.8, 4) is 0 Å². The Morgan fingerprint density at radius 2 is 1.74 bits per heavy atom. The lowest BCUT2D eigenvalue weighted by atomic mass is 9.87. The molecule has 0 aliphatic rings. The van der Waals surface area contributed by atoms with Gasteiger partial charge in [0, 0.05) is 5.02 Å². The Labute approximate surface area is 146 Å². The lowest BCUT2D eigenvalue weighted by Crippen LogP contribution is -2.18. The highest BCUT2D eigenvalue weighted by Crippen LogP contribution is 2.22. The molecule has 0 saturated carbocycles. The van der Waals surface area contributed by atoms with Crippen LogP contribution in [-0.2, 0) is 5.41 Å². The molecule has 0 spiro atoms. The first-order chi connectivity index (χ1) is 10.8. The summed E-state index contributed by atoms with van der Waals surface area (Å²) in [6.07, 6.45) is 1.59. The number of hydrazone groups is 1. The fourth-order valence-electron chi connectivity index (χ4n) is 1.97. The molecule has 0 heterocycles. The highest BCUT2D eigenvalue weighted by Gasteiger charge is 2.12. The van der Waals surface area contributed by atoms with Crippen LogP contribution < -0.4 is 5.43 Å². The molecule has 120 valence electrons. The zero-order valence-electron chi connectivity index (χ0n) is 13.2. The van der Waals surface area contributed by atoms with Crippen molar-refractivity contribution in [2.45, 2.75) is 26.2 Å². The highest BCUT2D eigenvalue weighted by atomic mass is 35.5. The van der Waals surface area contributed by atoms with Gasteiger partial charge in [-0.15, -0.1) is 0 Å². The van der Waals surface area contributed by atoms with Crippen molar-refractivity contribution >= 4 is 35.3 Å². The summed E-state index contributed by atoms with van der Waals surface area (Å²) < 4.78 is 0. The zero-order chi connectivity index (χ0) is 17.0. The van der Waals surface area contributed by atoms with Crippen molar-refractivity contribution in [2.75, 3.05) is 0 Å². The van der Waals surface area contributed by atoms with Crippen LogP contribution in [0.15, 0.2) is 47.6 Å². The van der Waals surface area contributed by atoms with Crippen LogP contribution in [0, 0.1) is 0 Å². The summed E-state index contributed by atoms with van der Waals surface area (Å²) in [6, 6.07) is 12.7. The van der Waals surface area contributed by atoms with Crippen LogP contribution in [0.2, 0.25) is 10.0 Å². The van der Waals surface area contributed by atoms with Crippen molar-refractivity contribution < 1.29 is 4.79 Å². The van der Waals surface area contributed by atoms with E-state index in [4.69, 9.17) is 23.2 Å². The van der Waals surface area contributed by atoms with Gasteiger partial charge in [0.15, 0.2) is 0 Å². The molecular weight excluding hydrogens is 331 g/mol. The summed E-state index contributed by atoms with van der Waals surface area (Å²) in [6.45, 7) is 6.48. The lowest BCUT2D eigenvalue weighted by molar-refractivity contribution is 0.0955. The fourth-order valence-corrected chi connectivity index (χ4v) is 2.46. The van der Waals surface area contributed by atoms with Gasteiger partial charge in [0.2, 0.25) is 0 Å². The Balaban J connectivity index is 2.02. The van der Waals surface area contributed by atoms with Crippen LogP contribution >= 0.6 is 23.2 Å². The van der Waals surface area contributed by atoms with Crippen molar-refractivity contribution in [1.82, 2.24) is 5.43 Å². The van der Waals surface area contributed by atoms with Crippen LogP contribution in [0.5, 0.6) is 0 Å². The Bertz CT molecular complexity index is 732. The molecule has 1 amide bonds. The number of hydrogen-bond donors (Lipinski definition) is 1. The van der Waals surface area contributed by atoms with E-state index in [1.54, 1.807) is 18.3 Å². The van der Waals surface area contributed by atoms with Crippen LogP contribution in [0.3, 0.4) is 0 Å². The molecule has 0 unspecified atom stereocenters. The van der Waals surface area contributed by atoms with Gasteiger partial charge >= 0.3 is 0 Å². The molecular formula is C18H18Cl2N2O.